The highest BCUT2D eigenvalue weighted by Gasteiger charge is 2.45. The van der Waals surface area contributed by atoms with Gasteiger partial charge in [0.2, 0.25) is 29.3 Å². The second-order valence-electron chi connectivity index (χ2n) is 27.2. The first-order chi connectivity index (χ1) is 60.6. The van der Waals surface area contributed by atoms with Gasteiger partial charge in [-0.1, -0.05) is 86.7 Å². The number of carbonyl (C=O) groups excluding carboxylic acids is 3. The molecule has 0 radical (unpaired) electrons. The van der Waals surface area contributed by atoms with E-state index >= 15 is 0 Å². The third kappa shape index (κ3) is 29.4. The molecule has 0 aliphatic carbocycles. The minimum atomic E-state index is -1.13. The first kappa shape index (κ1) is 89.6. The average Bonchev–Trinajstić information content (AvgIpc) is 1.74. The largest absolute Gasteiger partial charge is 0.507 e. The van der Waals surface area contributed by atoms with Crippen LogP contribution in [0.2, 0.25) is 0 Å². The summed E-state index contributed by atoms with van der Waals surface area (Å²) in [6.07, 6.45) is 23.2. The summed E-state index contributed by atoms with van der Waals surface area (Å²) >= 11 is 0. The van der Waals surface area contributed by atoms with Crippen LogP contribution in [0.4, 0.5) is 11.4 Å². The number of carbonyl (C=O) groups is 3. The van der Waals surface area contributed by atoms with Gasteiger partial charge in [-0.05, 0) is 192 Å². The number of esters is 1. The average molecular weight is 1600 g/mol. The van der Waals surface area contributed by atoms with Gasteiger partial charge in [0, 0.05) is 272 Å². The molecular formula is C109H71N10O5+. The summed E-state index contributed by atoms with van der Waals surface area (Å²) in [5.41, 5.74) is 10.2. The number of hydrogen-bond donors (Lipinski definition) is 3. The topological polar surface area (TPSA) is 169 Å². The molecule has 3 aromatic carbocycles. The predicted molar refractivity (Wildman–Crippen MR) is 481 cm³/mol. The van der Waals surface area contributed by atoms with Crippen molar-refractivity contribution in [2.24, 2.45) is 0 Å². The van der Waals surface area contributed by atoms with Crippen LogP contribution in [-0.2, 0) is 82.2 Å². The van der Waals surface area contributed by atoms with Crippen LogP contribution in [0.3, 0.4) is 0 Å². The number of para-hydroxylation sites is 1. The predicted octanol–water partition coefficient (Wildman–Crippen LogP) is 9.93. The second-order valence-corrected chi connectivity index (χ2v) is 27.2. The molecule has 2 aliphatic rings. The van der Waals surface area contributed by atoms with Gasteiger partial charge in [-0.3, -0.25) is 44.2 Å². The van der Waals surface area contributed by atoms with Crippen molar-refractivity contribution in [3.8, 4) is 268 Å². The van der Waals surface area contributed by atoms with Gasteiger partial charge >= 0.3 is 5.97 Å². The van der Waals surface area contributed by atoms with Crippen molar-refractivity contribution in [2.75, 3.05) is 12.0 Å². The standard InChI is InChI=1S/C109H70N10O5/c1-8-10-12-14-16-18-20-22-24-26-28-30-32-34-36-38-40-42-44-56-76-118-100-65-47-46-64-97(100)108(3,4)102(118)66-58-67-103-109(5,6)98-80-89(70-71-101(98)119(103)77-57-45-43-41-39-37-35-33-31-29-27-25-23-21-19-17-15-13-11-9-2)82-114-104(120)68-59-69-105(121)115-99(107(123)124-7)81-90-78-91(83-116(85-93-60-48-52-72-110-93)86-94-61-49-53-73-111-94)106(122)92(79-90)84-117(87-95-62-50-54-74-112-95)88-96-63-51-55-75-113-96/h1-2,46-55,58,60-67,70-75,78-80,99H,59,68-69,81-88H2,3-7H3,(H2-,114,115,120,121,122)/p+1/t99-/m0/s1. The van der Waals surface area contributed by atoms with E-state index in [4.69, 9.17) is 17.6 Å². The zero-order valence-corrected chi connectivity index (χ0v) is 68.3. The van der Waals surface area contributed by atoms with Gasteiger partial charge in [0.1, 0.15) is 11.8 Å². The Morgan fingerprint density at radius 3 is 1.30 bits per heavy atom. The van der Waals surface area contributed by atoms with Crippen molar-refractivity contribution in [1.82, 2.24) is 40.4 Å². The first-order valence-electron chi connectivity index (χ1n) is 38.2. The van der Waals surface area contributed by atoms with Gasteiger partial charge in [-0.25, -0.2) is 4.79 Å². The van der Waals surface area contributed by atoms with E-state index < -0.39 is 28.7 Å². The van der Waals surface area contributed by atoms with E-state index in [-0.39, 0.29) is 57.0 Å². The van der Waals surface area contributed by atoms with Crippen molar-refractivity contribution < 1.29 is 28.8 Å². The number of allylic oxidation sites excluding steroid dienone is 4. The third-order valence-corrected chi connectivity index (χ3v) is 17.9. The number of phenolic OH excluding ortho intramolecular Hbond substituents is 1. The number of phenols is 1. The number of aromatic hydroxyl groups is 1. The van der Waals surface area contributed by atoms with Gasteiger partial charge in [0.15, 0.2) is 0 Å². The van der Waals surface area contributed by atoms with Gasteiger partial charge in [-0.15, -0.1) is 17.4 Å². The Morgan fingerprint density at radius 2 is 0.879 bits per heavy atom. The van der Waals surface area contributed by atoms with Gasteiger partial charge in [0.05, 0.1) is 46.9 Å². The Kier molecular flexibility index (Phi) is 35.8. The normalized spacial score (nSPS) is 11.3. The van der Waals surface area contributed by atoms with E-state index in [1.54, 1.807) is 24.8 Å². The fraction of sp³-hybridized carbons (Fsp3) is 0.174. The lowest BCUT2D eigenvalue weighted by atomic mass is 9.81. The zero-order chi connectivity index (χ0) is 87.5. The highest BCUT2D eigenvalue weighted by atomic mass is 16.5. The summed E-state index contributed by atoms with van der Waals surface area (Å²) in [5.74, 6) is 102. The Balaban J connectivity index is 0.912. The highest BCUT2D eigenvalue weighted by molar-refractivity contribution is 6.03. The Morgan fingerprint density at radius 1 is 0.476 bits per heavy atom. The molecule has 586 valence electrons. The van der Waals surface area contributed by atoms with Gasteiger partial charge < -0.3 is 20.5 Å². The minimum Gasteiger partial charge on any atom is -0.507 e. The lowest BCUT2D eigenvalue weighted by Gasteiger charge is -2.26. The maximum atomic E-state index is 14.0. The van der Waals surface area contributed by atoms with Crippen LogP contribution >= 0.6 is 0 Å². The van der Waals surface area contributed by atoms with Crippen molar-refractivity contribution in [3.63, 3.8) is 0 Å². The summed E-state index contributed by atoms with van der Waals surface area (Å²) in [6, 6.07) is 46.0. The van der Waals surface area contributed by atoms with Crippen LogP contribution < -0.4 is 15.5 Å². The lowest BCUT2D eigenvalue weighted by Crippen LogP contribution is -2.43. The third-order valence-electron chi connectivity index (χ3n) is 17.9. The molecule has 0 saturated carbocycles. The highest BCUT2D eigenvalue weighted by Crippen LogP contribution is 2.48. The number of aromatic nitrogens is 4. The monoisotopic (exact) mass is 1600 g/mol. The van der Waals surface area contributed by atoms with Crippen molar-refractivity contribution in [3.05, 3.63) is 232 Å². The zero-order valence-electron chi connectivity index (χ0n) is 68.3. The summed E-state index contributed by atoms with van der Waals surface area (Å²) in [6.45, 7) is 10.9. The lowest BCUT2D eigenvalue weighted by molar-refractivity contribution is -0.332. The quantitative estimate of drug-likeness (QED) is 0.0298. The minimum absolute atomic E-state index is 0.0110. The number of anilines is 1. The molecule has 2 amide bonds. The molecule has 7 aromatic rings. The van der Waals surface area contributed by atoms with Gasteiger partial charge in [-0.2, -0.15) is 0 Å². The molecule has 4 aromatic heterocycles. The molecular weight excluding hydrogens is 1530 g/mol. The fourth-order valence-corrected chi connectivity index (χ4v) is 12.4. The molecule has 124 heavy (non-hydrogen) atoms. The molecule has 15 heteroatoms. The number of rotatable bonds is 24. The number of hydrogen-bond acceptors (Lipinski definition) is 12. The Labute approximate surface area is 727 Å². The molecule has 15 nitrogen and oxygen atoms in total. The molecule has 3 N–H and O–H groups in total. The molecule has 0 saturated heterocycles. The second kappa shape index (κ2) is 49.5. The van der Waals surface area contributed by atoms with Crippen LogP contribution in [0, 0.1) is 262 Å². The van der Waals surface area contributed by atoms with Crippen molar-refractivity contribution in [2.45, 2.75) is 116 Å². The number of amides is 2. The number of benzene rings is 3. The number of pyridine rings is 4. The molecule has 0 fully saturated rings. The molecule has 1 atom stereocenters. The molecule has 2 aliphatic heterocycles. The summed E-state index contributed by atoms with van der Waals surface area (Å²) in [4.78, 5) is 66.2. The van der Waals surface area contributed by atoms with Crippen molar-refractivity contribution in [1.29, 1.82) is 0 Å². The van der Waals surface area contributed by atoms with Crippen LogP contribution in [-0.4, -0.2) is 76.1 Å². The maximum Gasteiger partial charge on any atom is 0.328 e. The fourth-order valence-electron chi connectivity index (χ4n) is 12.4. The number of nitrogens with zero attached hydrogens (tertiary/aromatic N) is 8. The smallest absolute Gasteiger partial charge is 0.328 e. The molecule has 6 heterocycles. The van der Waals surface area contributed by atoms with E-state index in [0.29, 0.717) is 42.9 Å². The molecule has 0 unspecified atom stereocenters. The molecule has 9 rings (SSSR count). The van der Waals surface area contributed by atoms with E-state index in [0.717, 1.165) is 62.2 Å². The number of nitrogens with one attached hydrogen (secondary N) is 2. The number of methoxy groups -OCH3 is 1. The van der Waals surface area contributed by atoms with Crippen molar-refractivity contribution >= 4 is 34.9 Å². The summed E-state index contributed by atoms with van der Waals surface area (Å²) in [7, 11) is 1.27. The van der Waals surface area contributed by atoms with Crippen LogP contribution in [0.15, 0.2) is 176 Å². The van der Waals surface area contributed by atoms with Crippen LogP contribution in [0.25, 0.3) is 0 Å². The number of fused-ring (bicyclic) bond motifs is 2. The van der Waals surface area contributed by atoms with E-state index in [1.807, 2.05) is 149 Å². The number of ether oxygens (including phenoxy) is 1. The summed E-state index contributed by atoms with van der Waals surface area (Å²) < 4.78 is 7.24. The molecule has 0 bridgehead atoms. The van der Waals surface area contributed by atoms with E-state index in [2.05, 4.69) is 323 Å². The Hall–Kier alpha value is -18.3. The maximum absolute atomic E-state index is 14.0. The van der Waals surface area contributed by atoms with Crippen LogP contribution in [0.1, 0.15) is 103 Å². The molecule has 0 spiro atoms. The van der Waals surface area contributed by atoms with E-state index in [1.165, 1.54) is 7.11 Å². The first-order valence-corrected chi connectivity index (χ1v) is 38.2. The SMILES string of the molecule is C#CC#CC#CC#CC#CC#CC#CC#CC#CC#CC#CN1/C(=C/C=C/C2=[N+](C#CC#CC#CC#CC#CC#CC#CC#CC#CC#CC#C)c3ccccc3C2(C)C)C(C)(C)c2cc(CNC(=O)CCCC(=O)N[C@@H](Cc3cc(CN(Cc4ccccn4)Cc4ccccn4)c(O)c(CN(Cc4ccccn4)Cc4ccccn4)c3)C(=O)OC)ccc21. The van der Waals surface area contributed by atoms with Gasteiger partial charge in [0.25, 0.3) is 0 Å². The van der Waals surface area contributed by atoms with E-state index in [9.17, 15) is 19.5 Å². The number of terminal acetylenes is 2. The van der Waals surface area contributed by atoms with Crippen LogP contribution in [0.5, 0.6) is 5.75 Å². The summed E-state index contributed by atoms with van der Waals surface area (Å²) in [5, 5.41) is 18.4. The Bertz CT molecular complexity index is 6720.